The molecule has 2 heterocycles. The Morgan fingerprint density at radius 2 is 1.73 bits per heavy atom. The summed E-state index contributed by atoms with van der Waals surface area (Å²) in [4.78, 5) is 41.4. The molecule has 9 nitrogen and oxygen atoms in total. The number of hydrogen-bond acceptors (Lipinski definition) is 5. The van der Waals surface area contributed by atoms with E-state index in [1.54, 1.807) is 11.0 Å². The van der Waals surface area contributed by atoms with Gasteiger partial charge >= 0.3 is 12.3 Å². The third-order valence-corrected chi connectivity index (χ3v) is 8.01. The van der Waals surface area contributed by atoms with Crippen LogP contribution in [0.5, 0.6) is 0 Å². The molecule has 4 rings (SSSR count). The van der Waals surface area contributed by atoms with Crippen LogP contribution in [0.15, 0.2) is 30.3 Å². The molecule has 15 heteroatoms. The first-order valence-corrected chi connectivity index (χ1v) is 14.5. The molecule has 1 atom stereocenters. The molecule has 2 aliphatic rings. The Morgan fingerprint density at radius 3 is 2.41 bits per heavy atom. The lowest BCUT2D eigenvalue weighted by Gasteiger charge is -2.37. The zero-order valence-electron chi connectivity index (χ0n) is 23.7. The van der Waals surface area contributed by atoms with Crippen molar-refractivity contribution in [1.29, 1.82) is 0 Å². The molecule has 240 valence electrons. The highest BCUT2D eigenvalue weighted by atomic mass is 35.5. The van der Waals surface area contributed by atoms with Crippen molar-refractivity contribution < 1.29 is 41.4 Å². The normalized spacial score (nSPS) is 17.8. The minimum atomic E-state index is -4.25. The number of carboxylic acid groups (broad SMARTS) is 1. The Hall–Kier alpha value is -3.65. The molecular formula is C29H33ClF5N5O4. The lowest BCUT2D eigenvalue weighted by Crippen LogP contribution is -2.47. The minimum absolute atomic E-state index is 0.0421. The van der Waals surface area contributed by atoms with Gasteiger partial charge < -0.3 is 25.5 Å². The molecule has 3 amide bonds. The summed E-state index contributed by atoms with van der Waals surface area (Å²) in [6.45, 7) is 1.63. The summed E-state index contributed by atoms with van der Waals surface area (Å²) in [5.41, 5.74) is 0.0274. The van der Waals surface area contributed by atoms with E-state index in [4.69, 9.17) is 16.7 Å². The minimum Gasteiger partial charge on any atom is -0.465 e. The lowest BCUT2D eigenvalue weighted by atomic mass is 9.94. The van der Waals surface area contributed by atoms with Gasteiger partial charge in [-0.25, -0.2) is 13.6 Å². The number of rotatable bonds is 9. The van der Waals surface area contributed by atoms with Crippen LogP contribution < -0.4 is 15.5 Å². The number of benzene rings is 2. The number of nitrogens with zero attached hydrogens (tertiary/aromatic N) is 3. The summed E-state index contributed by atoms with van der Waals surface area (Å²) < 4.78 is 67.7. The van der Waals surface area contributed by atoms with Crippen molar-refractivity contribution in [3.05, 3.63) is 58.1 Å². The molecule has 0 spiro atoms. The first-order valence-electron chi connectivity index (χ1n) is 14.2. The maximum Gasteiger partial charge on any atom is 0.407 e. The maximum absolute atomic E-state index is 15.0. The molecule has 0 aliphatic carbocycles. The van der Waals surface area contributed by atoms with Crippen LogP contribution >= 0.6 is 11.6 Å². The predicted octanol–water partition coefficient (Wildman–Crippen LogP) is 5.34. The number of anilines is 2. The van der Waals surface area contributed by atoms with E-state index >= 15 is 4.39 Å². The summed E-state index contributed by atoms with van der Waals surface area (Å²) in [6, 6.07) is 6.90. The monoisotopic (exact) mass is 645 g/mol. The van der Waals surface area contributed by atoms with Gasteiger partial charge in [0, 0.05) is 69.4 Å². The van der Waals surface area contributed by atoms with Gasteiger partial charge in [-0.15, -0.1) is 0 Å². The smallest absolute Gasteiger partial charge is 0.407 e. The quantitative estimate of drug-likeness (QED) is 0.318. The van der Waals surface area contributed by atoms with E-state index in [0.29, 0.717) is 56.3 Å². The number of likely N-dealkylation sites (tertiary alicyclic amines) is 1. The number of alkyl halides is 3. The second-order valence-corrected chi connectivity index (χ2v) is 11.4. The molecule has 3 N–H and O–H groups in total. The largest absolute Gasteiger partial charge is 0.465 e. The van der Waals surface area contributed by atoms with Crippen LogP contribution in [0, 0.1) is 17.6 Å². The van der Waals surface area contributed by atoms with Gasteiger partial charge in [0.15, 0.2) is 11.6 Å². The highest BCUT2D eigenvalue weighted by molar-refractivity contribution is 6.31. The number of nitrogens with one attached hydrogen (secondary N) is 2. The standard InChI is InChI=1S/C29H33ClF5N5O4/c30-20-4-6-22(23(15-20)39-12-10-38(11-13-39)9-7-29(33,34)35)37-27(42)21-5-3-19(25(31)26(21)32)16-36-24(41)14-18-2-1-8-40(17-18)28(43)44/h3-6,15,18H,1-2,7-14,16-17H2,(H,36,41)(H,37,42)(H,43,44). The molecular weight excluding hydrogens is 613 g/mol. The Morgan fingerprint density at radius 1 is 1.00 bits per heavy atom. The Balaban J connectivity index is 1.36. The average molecular weight is 646 g/mol. The van der Waals surface area contributed by atoms with Gasteiger partial charge in [0.2, 0.25) is 5.91 Å². The van der Waals surface area contributed by atoms with Gasteiger partial charge in [0.1, 0.15) is 0 Å². The molecule has 2 saturated heterocycles. The maximum atomic E-state index is 15.0. The first kappa shape index (κ1) is 33.2. The van der Waals surface area contributed by atoms with Gasteiger partial charge in [-0.1, -0.05) is 17.7 Å². The van der Waals surface area contributed by atoms with Gasteiger partial charge in [-0.3, -0.25) is 14.5 Å². The molecule has 0 saturated carbocycles. The molecule has 1 unspecified atom stereocenters. The Kier molecular flexibility index (Phi) is 10.9. The lowest BCUT2D eigenvalue weighted by molar-refractivity contribution is -0.138. The van der Waals surface area contributed by atoms with Crippen LogP contribution in [-0.2, 0) is 11.3 Å². The zero-order chi connectivity index (χ0) is 32.0. The predicted molar refractivity (Wildman–Crippen MR) is 154 cm³/mol. The van der Waals surface area contributed by atoms with Crippen molar-refractivity contribution in [2.24, 2.45) is 5.92 Å². The number of halogens is 6. The summed E-state index contributed by atoms with van der Waals surface area (Å²) in [6.07, 6.45) is -4.85. The molecule has 0 aromatic heterocycles. The number of piperidine rings is 1. The highest BCUT2D eigenvalue weighted by Crippen LogP contribution is 2.31. The van der Waals surface area contributed by atoms with Crippen LogP contribution in [0.1, 0.15) is 41.6 Å². The van der Waals surface area contributed by atoms with Gasteiger partial charge in [0.05, 0.1) is 23.4 Å². The van der Waals surface area contributed by atoms with E-state index in [0.717, 1.165) is 6.07 Å². The topological polar surface area (TPSA) is 105 Å². The number of piperazine rings is 1. The van der Waals surface area contributed by atoms with E-state index < -0.39 is 47.7 Å². The van der Waals surface area contributed by atoms with Crippen molar-refractivity contribution >= 4 is 40.9 Å². The molecule has 2 aromatic carbocycles. The molecule has 44 heavy (non-hydrogen) atoms. The molecule has 2 aromatic rings. The summed E-state index contributed by atoms with van der Waals surface area (Å²) >= 11 is 6.17. The van der Waals surface area contributed by atoms with Crippen LogP contribution in [0.4, 0.5) is 38.1 Å². The van der Waals surface area contributed by atoms with E-state index in [2.05, 4.69) is 10.6 Å². The fourth-order valence-electron chi connectivity index (χ4n) is 5.39. The molecule has 0 radical (unpaired) electrons. The molecule has 0 bridgehead atoms. The number of carbonyl (C=O) groups is 3. The molecule has 2 fully saturated rings. The third-order valence-electron chi connectivity index (χ3n) is 7.78. The van der Waals surface area contributed by atoms with Crippen molar-refractivity contribution in [3.8, 4) is 0 Å². The number of amides is 3. The number of carbonyl (C=O) groups excluding carboxylic acids is 2. The van der Waals surface area contributed by atoms with Crippen LogP contribution in [0.2, 0.25) is 5.02 Å². The molecule has 2 aliphatic heterocycles. The fraction of sp³-hybridized carbons (Fsp3) is 0.483. The second-order valence-electron chi connectivity index (χ2n) is 10.9. The van der Waals surface area contributed by atoms with E-state index in [1.807, 2.05) is 4.90 Å². The fourth-order valence-corrected chi connectivity index (χ4v) is 5.56. The highest BCUT2D eigenvalue weighted by Gasteiger charge is 2.30. The summed E-state index contributed by atoms with van der Waals surface area (Å²) in [7, 11) is 0. The van der Waals surface area contributed by atoms with E-state index in [-0.39, 0.29) is 43.2 Å². The van der Waals surface area contributed by atoms with Gasteiger partial charge in [-0.2, -0.15) is 13.2 Å². The number of hydrogen-bond donors (Lipinski definition) is 3. The van der Waals surface area contributed by atoms with Crippen molar-refractivity contribution in [2.45, 2.75) is 38.4 Å². The summed E-state index contributed by atoms with van der Waals surface area (Å²) in [5.74, 6) is -4.22. The van der Waals surface area contributed by atoms with Crippen molar-refractivity contribution in [2.75, 3.05) is 56.0 Å². The van der Waals surface area contributed by atoms with Gasteiger partial charge in [0.25, 0.3) is 5.91 Å². The third kappa shape index (κ3) is 8.94. The zero-order valence-corrected chi connectivity index (χ0v) is 24.5. The Labute approximate surface area is 255 Å². The Bertz CT molecular complexity index is 1370. The second kappa shape index (κ2) is 14.4. The first-order chi connectivity index (χ1) is 20.8. The van der Waals surface area contributed by atoms with Crippen molar-refractivity contribution in [3.63, 3.8) is 0 Å². The van der Waals surface area contributed by atoms with E-state index in [9.17, 15) is 31.9 Å². The van der Waals surface area contributed by atoms with Crippen LogP contribution in [0.3, 0.4) is 0 Å². The van der Waals surface area contributed by atoms with E-state index in [1.165, 1.54) is 23.1 Å². The van der Waals surface area contributed by atoms with Gasteiger partial charge in [-0.05, 0) is 43.0 Å². The van der Waals surface area contributed by atoms with Crippen LogP contribution in [0.25, 0.3) is 0 Å². The van der Waals surface area contributed by atoms with Crippen molar-refractivity contribution in [1.82, 2.24) is 15.1 Å². The van der Waals surface area contributed by atoms with Crippen LogP contribution in [-0.4, -0.2) is 84.8 Å². The summed E-state index contributed by atoms with van der Waals surface area (Å²) in [5, 5.41) is 14.6. The SMILES string of the molecule is O=C(CC1CCCN(C(=O)O)C1)NCc1ccc(C(=O)Nc2ccc(Cl)cc2N2CCN(CCC(F)(F)F)CC2)c(F)c1F. The average Bonchev–Trinajstić information content (AvgIpc) is 2.97.